The van der Waals surface area contributed by atoms with E-state index < -0.39 is 0 Å². The number of nitrogens with one attached hydrogen (secondary N) is 1. The molecule has 0 radical (unpaired) electrons. The predicted molar refractivity (Wildman–Crippen MR) is 134 cm³/mol. The summed E-state index contributed by atoms with van der Waals surface area (Å²) in [7, 11) is 3.19. The van der Waals surface area contributed by atoms with Crippen LogP contribution in [0.25, 0.3) is 0 Å². The highest BCUT2D eigenvalue weighted by Crippen LogP contribution is 2.27. The van der Waals surface area contributed by atoms with Gasteiger partial charge >= 0.3 is 0 Å². The zero-order chi connectivity index (χ0) is 25.7. The van der Waals surface area contributed by atoms with Gasteiger partial charge in [0.2, 0.25) is 0 Å². The molecule has 0 unspecified atom stereocenters. The van der Waals surface area contributed by atoms with E-state index in [0.717, 1.165) is 5.56 Å². The molecule has 190 valence electrons. The second-order valence-electron chi connectivity index (χ2n) is 8.55. The Morgan fingerprint density at radius 3 is 2.47 bits per heavy atom. The molecule has 3 aromatic rings. The third-order valence-corrected chi connectivity index (χ3v) is 6.29. The monoisotopic (exact) mass is 493 g/mol. The highest BCUT2D eigenvalue weighted by Gasteiger charge is 2.28. The van der Waals surface area contributed by atoms with Gasteiger partial charge in [0.25, 0.3) is 11.8 Å². The van der Waals surface area contributed by atoms with Crippen molar-refractivity contribution in [3.8, 4) is 11.5 Å². The molecule has 3 heterocycles. The normalized spacial score (nSPS) is 13.4. The lowest BCUT2D eigenvalue weighted by atomic mass is 10.1. The molecule has 36 heavy (non-hydrogen) atoms. The quantitative estimate of drug-likeness (QED) is 0.510. The van der Waals surface area contributed by atoms with E-state index in [1.54, 1.807) is 51.3 Å². The fourth-order valence-corrected chi connectivity index (χ4v) is 4.35. The number of benzene rings is 1. The third kappa shape index (κ3) is 5.27. The summed E-state index contributed by atoms with van der Waals surface area (Å²) in [6, 6.07) is 9.24. The van der Waals surface area contributed by atoms with Crippen molar-refractivity contribution in [3.63, 3.8) is 0 Å². The highest BCUT2D eigenvalue weighted by atomic mass is 16.5. The van der Waals surface area contributed by atoms with Gasteiger partial charge in [-0.25, -0.2) is 4.98 Å². The molecular weight excluding hydrogens is 462 g/mol. The zero-order valence-electron chi connectivity index (χ0n) is 21.0. The molecule has 1 N–H and O–H groups in total. The Bertz CT molecular complexity index is 1210. The zero-order valence-corrected chi connectivity index (χ0v) is 21.0. The van der Waals surface area contributed by atoms with Crippen molar-refractivity contribution in [1.82, 2.24) is 20.4 Å². The molecule has 0 aliphatic carbocycles. The number of aromatic nitrogens is 2. The lowest BCUT2D eigenvalue weighted by molar-refractivity contribution is 0.0743. The van der Waals surface area contributed by atoms with E-state index in [4.69, 9.17) is 14.0 Å². The maximum atomic E-state index is 13.0. The average Bonchev–Trinajstić information content (AvgIpc) is 3.25. The van der Waals surface area contributed by atoms with Crippen LogP contribution in [0.1, 0.15) is 37.7 Å². The van der Waals surface area contributed by atoms with Gasteiger partial charge in [-0.1, -0.05) is 11.2 Å². The highest BCUT2D eigenvalue weighted by molar-refractivity contribution is 5.99. The number of rotatable bonds is 8. The number of pyridine rings is 1. The van der Waals surface area contributed by atoms with Gasteiger partial charge in [-0.3, -0.25) is 9.59 Å². The van der Waals surface area contributed by atoms with E-state index >= 15 is 0 Å². The smallest absolute Gasteiger partial charge is 0.259 e. The molecule has 10 nitrogen and oxygen atoms in total. The molecule has 1 saturated heterocycles. The van der Waals surface area contributed by atoms with Crippen LogP contribution in [0.3, 0.4) is 0 Å². The second kappa shape index (κ2) is 11.1. The van der Waals surface area contributed by atoms with Gasteiger partial charge in [0.1, 0.15) is 17.1 Å². The molecule has 0 saturated carbocycles. The molecule has 0 bridgehead atoms. The number of amides is 2. The number of hydrogen-bond donors (Lipinski definition) is 1. The topological polar surface area (TPSA) is 110 Å². The molecule has 10 heteroatoms. The van der Waals surface area contributed by atoms with Crippen molar-refractivity contribution in [2.24, 2.45) is 0 Å². The predicted octanol–water partition coefficient (Wildman–Crippen LogP) is 2.64. The van der Waals surface area contributed by atoms with E-state index in [1.165, 1.54) is 0 Å². The summed E-state index contributed by atoms with van der Waals surface area (Å²) in [6.07, 6.45) is 2.32. The van der Waals surface area contributed by atoms with E-state index in [9.17, 15) is 9.59 Å². The van der Waals surface area contributed by atoms with Gasteiger partial charge in [-0.2, -0.15) is 0 Å². The van der Waals surface area contributed by atoms with Crippen LogP contribution in [-0.4, -0.2) is 73.8 Å². The Balaban J connectivity index is 1.36. The Labute approximate surface area is 210 Å². The van der Waals surface area contributed by atoms with Crippen LogP contribution in [0.4, 0.5) is 5.82 Å². The molecule has 1 aliphatic heterocycles. The SMILES string of the molecule is COc1ccc(CCNC(=O)c2cccnc2N2CCN(C(=O)c3c(C)noc3C)CC2)cc1OC. The van der Waals surface area contributed by atoms with Crippen molar-refractivity contribution in [1.29, 1.82) is 0 Å². The fraction of sp³-hybridized carbons (Fsp3) is 0.385. The molecule has 2 amide bonds. The van der Waals surface area contributed by atoms with Gasteiger partial charge in [-0.15, -0.1) is 0 Å². The van der Waals surface area contributed by atoms with E-state index in [1.807, 2.05) is 23.1 Å². The number of carbonyl (C=O) groups excluding carboxylic acids is 2. The maximum absolute atomic E-state index is 13.0. The first-order valence-electron chi connectivity index (χ1n) is 11.8. The molecule has 0 spiro atoms. The second-order valence-corrected chi connectivity index (χ2v) is 8.55. The fourth-order valence-electron chi connectivity index (χ4n) is 4.35. The van der Waals surface area contributed by atoms with Gasteiger partial charge < -0.3 is 29.1 Å². The number of methoxy groups -OCH3 is 2. The first-order chi connectivity index (χ1) is 17.4. The Morgan fingerprint density at radius 1 is 1.06 bits per heavy atom. The Hall–Kier alpha value is -4.08. The summed E-state index contributed by atoms with van der Waals surface area (Å²) in [5.41, 5.74) is 2.65. The Kier molecular flexibility index (Phi) is 7.72. The average molecular weight is 494 g/mol. The van der Waals surface area contributed by atoms with Gasteiger partial charge in [0, 0.05) is 38.9 Å². The summed E-state index contributed by atoms with van der Waals surface area (Å²) in [5.74, 6) is 2.19. The lowest BCUT2D eigenvalue weighted by Gasteiger charge is -2.36. The van der Waals surface area contributed by atoms with Crippen molar-refractivity contribution in [3.05, 3.63) is 64.7 Å². The van der Waals surface area contributed by atoms with Crippen LogP contribution in [0, 0.1) is 13.8 Å². The molecule has 1 aliphatic rings. The van der Waals surface area contributed by atoms with Gasteiger partial charge in [-0.05, 0) is 50.1 Å². The van der Waals surface area contributed by atoms with E-state index in [2.05, 4.69) is 15.5 Å². The molecule has 1 aromatic carbocycles. The number of hydrogen-bond acceptors (Lipinski definition) is 8. The van der Waals surface area contributed by atoms with Crippen molar-refractivity contribution in [2.45, 2.75) is 20.3 Å². The number of anilines is 1. The standard InChI is InChI=1S/C26H31N5O5/c1-17-23(18(2)36-29-17)26(33)31-14-12-30(13-15-31)24-20(6-5-10-27-24)25(32)28-11-9-19-7-8-21(34-3)22(16-19)35-4/h5-8,10,16H,9,11-15H2,1-4H3,(H,28,32). The van der Waals surface area contributed by atoms with Crippen molar-refractivity contribution < 1.29 is 23.6 Å². The summed E-state index contributed by atoms with van der Waals surface area (Å²) in [4.78, 5) is 34.3. The van der Waals surface area contributed by atoms with E-state index in [-0.39, 0.29) is 11.8 Å². The molecular formula is C26H31N5O5. The summed E-state index contributed by atoms with van der Waals surface area (Å²) < 4.78 is 15.8. The number of ether oxygens (including phenoxy) is 2. The minimum absolute atomic E-state index is 0.0833. The van der Waals surface area contributed by atoms with Crippen molar-refractivity contribution >= 4 is 17.6 Å². The van der Waals surface area contributed by atoms with Crippen LogP contribution in [-0.2, 0) is 6.42 Å². The summed E-state index contributed by atoms with van der Waals surface area (Å²) in [5, 5.41) is 6.88. The largest absolute Gasteiger partial charge is 0.493 e. The number of piperazine rings is 1. The number of aryl methyl sites for hydroxylation is 2. The van der Waals surface area contributed by atoms with Crippen LogP contribution < -0.4 is 19.7 Å². The van der Waals surface area contributed by atoms with Crippen LogP contribution in [0.2, 0.25) is 0 Å². The molecule has 0 atom stereocenters. The van der Waals surface area contributed by atoms with E-state index in [0.29, 0.717) is 79.0 Å². The van der Waals surface area contributed by atoms with Crippen LogP contribution in [0.5, 0.6) is 11.5 Å². The van der Waals surface area contributed by atoms with Crippen LogP contribution >= 0.6 is 0 Å². The number of nitrogens with zero attached hydrogens (tertiary/aromatic N) is 4. The maximum Gasteiger partial charge on any atom is 0.259 e. The Morgan fingerprint density at radius 2 is 1.81 bits per heavy atom. The minimum atomic E-state index is -0.187. The lowest BCUT2D eigenvalue weighted by Crippen LogP contribution is -2.49. The molecule has 2 aromatic heterocycles. The van der Waals surface area contributed by atoms with Crippen LogP contribution in [0.15, 0.2) is 41.1 Å². The first kappa shape index (κ1) is 25.0. The summed E-state index contributed by atoms with van der Waals surface area (Å²) >= 11 is 0. The number of carbonyl (C=O) groups is 2. The molecule has 1 fully saturated rings. The van der Waals surface area contributed by atoms with Gasteiger partial charge in [0.15, 0.2) is 11.5 Å². The molecule has 4 rings (SSSR count). The summed E-state index contributed by atoms with van der Waals surface area (Å²) in [6.45, 7) is 6.13. The van der Waals surface area contributed by atoms with Crippen molar-refractivity contribution in [2.75, 3.05) is 51.8 Å². The minimum Gasteiger partial charge on any atom is -0.493 e. The third-order valence-electron chi connectivity index (χ3n) is 6.29. The first-order valence-corrected chi connectivity index (χ1v) is 11.8. The van der Waals surface area contributed by atoms with Gasteiger partial charge in [0.05, 0.1) is 25.5 Å².